The fourth-order valence-corrected chi connectivity index (χ4v) is 4.62. The number of aryl methyl sites for hydroxylation is 1. The van der Waals surface area contributed by atoms with Crippen molar-refractivity contribution in [2.24, 2.45) is 11.8 Å². The highest BCUT2D eigenvalue weighted by atomic mass is 16.2. The van der Waals surface area contributed by atoms with E-state index in [-0.39, 0.29) is 23.7 Å². The highest BCUT2D eigenvalue weighted by Gasteiger charge is 2.37. The number of hydrogen-bond acceptors (Lipinski definition) is 3. The van der Waals surface area contributed by atoms with Crippen molar-refractivity contribution in [3.05, 3.63) is 35.9 Å². The summed E-state index contributed by atoms with van der Waals surface area (Å²) < 4.78 is 0. The van der Waals surface area contributed by atoms with Crippen molar-refractivity contribution in [2.75, 3.05) is 39.3 Å². The third kappa shape index (κ3) is 5.21. The van der Waals surface area contributed by atoms with Gasteiger partial charge in [-0.15, -0.1) is 0 Å². The second-order valence-corrected chi connectivity index (χ2v) is 8.92. The Labute approximate surface area is 179 Å². The Hall–Kier alpha value is -2.37. The third-order valence-corrected chi connectivity index (χ3v) is 6.73. The van der Waals surface area contributed by atoms with Crippen molar-refractivity contribution in [2.45, 2.75) is 44.9 Å². The molecule has 1 aliphatic carbocycles. The Morgan fingerprint density at radius 1 is 0.700 bits per heavy atom. The second kappa shape index (κ2) is 9.63. The molecule has 2 saturated heterocycles. The lowest BCUT2D eigenvalue weighted by atomic mass is 9.94. The van der Waals surface area contributed by atoms with Crippen molar-refractivity contribution in [3.63, 3.8) is 0 Å². The summed E-state index contributed by atoms with van der Waals surface area (Å²) in [7, 11) is 0. The molecule has 3 aliphatic rings. The summed E-state index contributed by atoms with van der Waals surface area (Å²) in [6, 6.07) is 10.3. The molecule has 0 aromatic heterocycles. The van der Waals surface area contributed by atoms with Crippen LogP contribution in [0.5, 0.6) is 0 Å². The minimum Gasteiger partial charge on any atom is -0.342 e. The highest BCUT2D eigenvalue weighted by Crippen LogP contribution is 2.32. The predicted octanol–water partition coefficient (Wildman–Crippen LogP) is 2.33. The number of carbonyl (C=O) groups is 3. The average molecular weight is 412 g/mol. The zero-order valence-electron chi connectivity index (χ0n) is 17.8. The fourth-order valence-electron chi connectivity index (χ4n) is 4.62. The number of carbonyl (C=O) groups excluding carboxylic acids is 3. The highest BCUT2D eigenvalue weighted by molar-refractivity contribution is 5.82. The van der Waals surface area contributed by atoms with E-state index in [9.17, 15) is 14.4 Å². The van der Waals surface area contributed by atoms with Gasteiger partial charge in [-0.3, -0.25) is 14.4 Å². The molecule has 0 radical (unpaired) electrons. The third-order valence-electron chi connectivity index (χ3n) is 6.73. The van der Waals surface area contributed by atoms with Gasteiger partial charge in [-0.1, -0.05) is 30.3 Å². The second-order valence-electron chi connectivity index (χ2n) is 8.92. The van der Waals surface area contributed by atoms with Crippen LogP contribution in [0.25, 0.3) is 0 Å². The van der Waals surface area contributed by atoms with Gasteiger partial charge in [0.2, 0.25) is 17.7 Å². The topological polar surface area (TPSA) is 60.9 Å². The van der Waals surface area contributed by atoms with Gasteiger partial charge in [0.15, 0.2) is 0 Å². The number of benzene rings is 1. The lowest BCUT2D eigenvalue weighted by Gasteiger charge is -2.38. The van der Waals surface area contributed by atoms with Crippen LogP contribution in [0.4, 0.5) is 0 Å². The zero-order chi connectivity index (χ0) is 20.9. The van der Waals surface area contributed by atoms with Crippen molar-refractivity contribution < 1.29 is 14.4 Å². The van der Waals surface area contributed by atoms with Crippen LogP contribution < -0.4 is 0 Å². The maximum absolute atomic E-state index is 12.9. The minimum absolute atomic E-state index is 0.0291. The molecule has 6 nitrogen and oxygen atoms in total. The Bertz CT molecular complexity index is 746. The zero-order valence-corrected chi connectivity index (χ0v) is 17.8. The molecule has 2 aliphatic heterocycles. The van der Waals surface area contributed by atoms with Gasteiger partial charge in [0, 0.05) is 57.5 Å². The molecule has 3 amide bonds. The molecule has 4 rings (SSSR count). The number of piperidine rings is 1. The number of hydrogen-bond donors (Lipinski definition) is 0. The fraction of sp³-hybridized carbons (Fsp3) is 0.625. The van der Waals surface area contributed by atoms with Crippen LogP contribution in [0.15, 0.2) is 30.3 Å². The summed E-state index contributed by atoms with van der Waals surface area (Å²) in [6.45, 7) is 3.95. The Morgan fingerprint density at radius 2 is 1.23 bits per heavy atom. The Morgan fingerprint density at radius 3 is 1.83 bits per heavy atom. The first-order valence-electron chi connectivity index (χ1n) is 11.5. The number of rotatable bonds is 6. The van der Waals surface area contributed by atoms with Crippen molar-refractivity contribution in [1.29, 1.82) is 0 Å². The van der Waals surface area contributed by atoms with E-state index in [1.54, 1.807) is 0 Å². The lowest BCUT2D eigenvalue weighted by molar-refractivity contribution is -0.144. The first-order valence-corrected chi connectivity index (χ1v) is 11.5. The molecule has 3 fully saturated rings. The van der Waals surface area contributed by atoms with Gasteiger partial charge in [-0.2, -0.15) is 0 Å². The van der Waals surface area contributed by atoms with Gasteiger partial charge in [0.25, 0.3) is 0 Å². The van der Waals surface area contributed by atoms with Crippen molar-refractivity contribution >= 4 is 17.7 Å². The quantitative estimate of drug-likeness (QED) is 0.722. The first-order chi connectivity index (χ1) is 14.6. The largest absolute Gasteiger partial charge is 0.342 e. The SMILES string of the molecule is O=C(CCCc1ccccc1)N1CCN(C(=O)C2CCN(C(=O)C3CC3)CC2)CC1. The number of piperazine rings is 1. The molecule has 0 unspecified atom stereocenters. The van der Waals surface area contributed by atoms with E-state index in [0.29, 0.717) is 51.6 Å². The molecule has 2 heterocycles. The molecule has 162 valence electrons. The van der Waals surface area contributed by atoms with Gasteiger partial charge in [0.05, 0.1) is 0 Å². The van der Waals surface area contributed by atoms with Crippen LogP contribution in [0.3, 0.4) is 0 Å². The van der Waals surface area contributed by atoms with Crippen LogP contribution in [0.2, 0.25) is 0 Å². The number of nitrogens with zero attached hydrogens (tertiary/aromatic N) is 3. The van der Waals surface area contributed by atoms with E-state index in [1.165, 1.54) is 5.56 Å². The summed E-state index contributed by atoms with van der Waals surface area (Å²) in [4.78, 5) is 43.4. The molecule has 30 heavy (non-hydrogen) atoms. The number of amides is 3. The summed E-state index contributed by atoms with van der Waals surface area (Å²) >= 11 is 0. The summed E-state index contributed by atoms with van der Waals surface area (Å²) in [5.41, 5.74) is 1.27. The molecule has 1 aromatic carbocycles. The first kappa shape index (κ1) is 20.9. The summed E-state index contributed by atoms with van der Waals surface area (Å²) in [6.07, 6.45) is 5.97. The van der Waals surface area contributed by atoms with Crippen molar-refractivity contribution in [3.8, 4) is 0 Å². The van der Waals surface area contributed by atoms with Gasteiger partial charge >= 0.3 is 0 Å². The maximum Gasteiger partial charge on any atom is 0.225 e. The normalized spacial score (nSPS) is 20.3. The van der Waals surface area contributed by atoms with E-state index in [0.717, 1.165) is 38.5 Å². The smallest absolute Gasteiger partial charge is 0.225 e. The molecule has 0 bridgehead atoms. The molecular formula is C24H33N3O3. The predicted molar refractivity (Wildman–Crippen MR) is 115 cm³/mol. The molecule has 0 spiro atoms. The molecule has 6 heteroatoms. The van der Waals surface area contributed by atoms with Gasteiger partial charge in [0.1, 0.15) is 0 Å². The van der Waals surface area contributed by atoms with Gasteiger partial charge in [-0.25, -0.2) is 0 Å². The van der Waals surface area contributed by atoms with Crippen LogP contribution in [-0.2, 0) is 20.8 Å². The van der Waals surface area contributed by atoms with Gasteiger partial charge < -0.3 is 14.7 Å². The van der Waals surface area contributed by atoms with Crippen LogP contribution in [-0.4, -0.2) is 71.7 Å². The van der Waals surface area contributed by atoms with E-state index in [1.807, 2.05) is 32.9 Å². The summed E-state index contributed by atoms with van der Waals surface area (Å²) in [5.74, 6) is 0.992. The van der Waals surface area contributed by atoms with Crippen LogP contribution in [0, 0.1) is 11.8 Å². The molecule has 1 saturated carbocycles. The lowest BCUT2D eigenvalue weighted by Crippen LogP contribution is -2.53. The summed E-state index contributed by atoms with van der Waals surface area (Å²) in [5, 5.41) is 0. The van der Waals surface area contributed by atoms with Crippen LogP contribution in [0.1, 0.15) is 44.1 Å². The standard InChI is InChI=1S/C24H33N3O3/c28-22(8-4-7-19-5-2-1-3-6-19)25-15-17-27(18-16-25)24(30)21-11-13-26(14-12-21)23(29)20-9-10-20/h1-3,5-6,20-21H,4,7-18H2. The Kier molecular flexibility index (Phi) is 6.70. The molecule has 1 aromatic rings. The van der Waals surface area contributed by atoms with E-state index in [4.69, 9.17) is 0 Å². The Balaban J connectivity index is 1.15. The van der Waals surface area contributed by atoms with E-state index in [2.05, 4.69) is 12.1 Å². The average Bonchev–Trinajstić information content (AvgIpc) is 3.64. The monoisotopic (exact) mass is 411 g/mol. The van der Waals surface area contributed by atoms with Gasteiger partial charge in [-0.05, 0) is 44.1 Å². The molecule has 0 atom stereocenters. The van der Waals surface area contributed by atoms with E-state index >= 15 is 0 Å². The number of likely N-dealkylation sites (tertiary alicyclic amines) is 1. The molecular weight excluding hydrogens is 378 g/mol. The maximum atomic E-state index is 12.9. The minimum atomic E-state index is 0.0291. The van der Waals surface area contributed by atoms with E-state index < -0.39 is 0 Å². The van der Waals surface area contributed by atoms with Crippen LogP contribution >= 0.6 is 0 Å². The van der Waals surface area contributed by atoms with Crippen molar-refractivity contribution in [1.82, 2.24) is 14.7 Å². The molecule has 0 N–H and O–H groups in total.